The predicted octanol–water partition coefficient (Wildman–Crippen LogP) is 3.22. The van der Waals surface area contributed by atoms with Crippen LogP contribution in [0.5, 0.6) is 0 Å². The molecule has 6 heteroatoms. The van der Waals surface area contributed by atoms with E-state index < -0.39 is 11.5 Å². The Hall–Kier alpha value is -1.94. The molecule has 0 unspecified atom stereocenters. The Kier molecular flexibility index (Phi) is 4.17. The molecule has 0 bridgehead atoms. The van der Waals surface area contributed by atoms with Gasteiger partial charge in [-0.15, -0.1) is 0 Å². The number of carbonyl (C=O) groups is 1. The summed E-state index contributed by atoms with van der Waals surface area (Å²) < 4.78 is 10.2. The molecule has 0 radical (unpaired) electrons. The number of rotatable bonds is 4. The summed E-state index contributed by atoms with van der Waals surface area (Å²) in [5.74, 6) is 0.131. The van der Waals surface area contributed by atoms with E-state index in [1.807, 2.05) is 0 Å². The summed E-state index contributed by atoms with van der Waals surface area (Å²) in [6.07, 6.45) is 1.47. The highest BCUT2D eigenvalue weighted by Crippen LogP contribution is 2.21. The lowest BCUT2D eigenvalue weighted by molar-refractivity contribution is -0.153. The van der Waals surface area contributed by atoms with Crippen molar-refractivity contribution in [2.24, 2.45) is 10.5 Å². The number of esters is 1. The van der Waals surface area contributed by atoms with Crippen molar-refractivity contribution in [1.82, 2.24) is 0 Å². The van der Waals surface area contributed by atoms with Crippen molar-refractivity contribution in [1.29, 1.82) is 0 Å². The summed E-state index contributed by atoms with van der Waals surface area (Å²) in [6, 6.07) is 2.73. The van der Waals surface area contributed by atoms with E-state index in [1.54, 1.807) is 32.9 Å². The maximum absolute atomic E-state index is 11.6. The van der Waals surface area contributed by atoms with Gasteiger partial charge in [-0.05, 0) is 38.4 Å². The number of azide groups is 1. The van der Waals surface area contributed by atoms with Crippen LogP contribution in [-0.4, -0.2) is 12.6 Å². The van der Waals surface area contributed by atoms with Gasteiger partial charge in [0.05, 0.1) is 11.7 Å². The van der Waals surface area contributed by atoms with Crippen molar-refractivity contribution in [2.75, 3.05) is 6.61 Å². The predicted molar refractivity (Wildman–Crippen MR) is 61.0 cm³/mol. The molecule has 17 heavy (non-hydrogen) atoms. The number of carbonyl (C=O) groups excluding carboxylic acids is 1. The summed E-state index contributed by atoms with van der Waals surface area (Å²) in [6.45, 7) is 5.24. The van der Waals surface area contributed by atoms with Gasteiger partial charge < -0.3 is 9.15 Å². The maximum Gasteiger partial charge on any atom is 0.311 e. The normalized spacial score (nSPS) is 12.6. The zero-order valence-electron chi connectivity index (χ0n) is 10.1. The number of nitrogens with zero attached hydrogens (tertiary/aromatic N) is 3. The monoisotopic (exact) mass is 237 g/mol. The van der Waals surface area contributed by atoms with Gasteiger partial charge in [0.15, 0.2) is 0 Å². The van der Waals surface area contributed by atoms with Crippen molar-refractivity contribution in [3.8, 4) is 0 Å². The third kappa shape index (κ3) is 3.85. The van der Waals surface area contributed by atoms with E-state index in [1.165, 1.54) is 6.26 Å². The van der Waals surface area contributed by atoms with Crippen LogP contribution in [0.2, 0.25) is 0 Å². The van der Waals surface area contributed by atoms with Crippen molar-refractivity contribution in [3.63, 3.8) is 0 Å². The molecule has 1 aromatic heterocycles. The topological polar surface area (TPSA) is 88.2 Å². The van der Waals surface area contributed by atoms with E-state index in [2.05, 4.69) is 10.0 Å². The Morgan fingerprint density at radius 1 is 1.65 bits per heavy atom. The number of ether oxygens (including phenoxy) is 1. The SMILES string of the molecule is CC(C)(C)C(=O)OC[C@H](N=[N+]=[N-])c1ccco1. The molecule has 0 aliphatic heterocycles. The first kappa shape index (κ1) is 13.1. The van der Waals surface area contributed by atoms with E-state index in [4.69, 9.17) is 14.7 Å². The van der Waals surface area contributed by atoms with Crippen LogP contribution in [0.25, 0.3) is 10.4 Å². The minimum absolute atomic E-state index is 0.0202. The zero-order chi connectivity index (χ0) is 12.9. The van der Waals surface area contributed by atoms with Gasteiger partial charge in [-0.3, -0.25) is 4.79 Å². The molecular weight excluding hydrogens is 222 g/mol. The summed E-state index contributed by atoms with van der Waals surface area (Å²) in [5, 5.41) is 3.53. The first-order valence-corrected chi connectivity index (χ1v) is 5.20. The van der Waals surface area contributed by atoms with E-state index >= 15 is 0 Å². The minimum Gasteiger partial charge on any atom is -0.469 e. The highest BCUT2D eigenvalue weighted by Gasteiger charge is 2.24. The van der Waals surface area contributed by atoms with Crippen LogP contribution in [0.3, 0.4) is 0 Å². The number of hydrogen-bond acceptors (Lipinski definition) is 4. The average molecular weight is 237 g/mol. The molecule has 0 spiro atoms. The second kappa shape index (κ2) is 5.41. The Balaban J connectivity index is 2.64. The maximum atomic E-state index is 11.6. The second-order valence-corrected chi connectivity index (χ2v) is 4.58. The number of furan rings is 1. The number of hydrogen-bond donors (Lipinski definition) is 0. The molecule has 0 aliphatic carbocycles. The van der Waals surface area contributed by atoms with E-state index in [0.717, 1.165) is 0 Å². The molecule has 6 nitrogen and oxygen atoms in total. The summed E-state index contributed by atoms with van der Waals surface area (Å²) in [4.78, 5) is 14.3. The quantitative estimate of drug-likeness (QED) is 0.348. The van der Waals surface area contributed by atoms with Gasteiger partial charge in [0.2, 0.25) is 0 Å². The van der Waals surface area contributed by atoms with Gasteiger partial charge in [0.25, 0.3) is 0 Å². The fourth-order valence-electron chi connectivity index (χ4n) is 1.09. The second-order valence-electron chi connectivity index (χ2n) is 4.58. The van der Waals surface area contributed by atoms with Crippen LogP contribution in [-0.2, 0) is 9.53 Å². The smallest absolute Gasteiger partial charge is 0.311 e. The van der Waals surface area contributed by atoms with Crippen LogP contribution in [0.15, 0.2) is 27.9 Å². The third-order valence-corrected chi connectivity index (χ3v) is 2.05. The molecule has 0 saturated heterocycles. The van der Waals surface area contributed by atoms with Crippen molar-refractivity contribution < 1.29 is 13.9 Å². The van der Waals surface area contributed by atoms with Gasteiger partial charge in [-0.1, -0.05) is 5.11 Å². The summed E-state index contributed by atoms with van der Waals surface area (Å²) >= 11 is 0. The molecule has 1 aromatic rings. The van der Waals surface area contributed by atoms with Crippen LogP contribution >= 0.6 is 0 Å². The summed E-state index contributed by atoms with van der Waals surface area (Å²) in [5.41, 5.74) is 7.86. The zero-order valence-corrected chi connectivity index (χ0v) is 10.1. The largest absolute Gasteiger partial charge is 0.469 e. The fourth-order valence-corrected chi connectivity index (χ4v) is 1.09. The van der Waals surface area contributed by atoms with Crippen molar-refractivity contribution >= 4 is 5.97 Å². The summed E-state index contributed by atoms with van der Waals surface area (Å²) in [7, 11) is 0. The van der Waals surface area contributed by atoms with Crippen LogP contribution in [0.4, 0.5) is 0 Å². The van der Waals surface area contributed by atoms with Crippen molar-refractivity contribution in [2.45, 2.75) is 26.8 Å². The first-order chi connectivity index (χ1) is 7.95. The molecule has 1 heterocycles. The standard InChI is InChI=1S/C11H15N3O3/c1-11(2,3)10(15)17-7-8(13-14-12)9-5-4-6-16-9/h4-6,8H,7H2,1-3H3/t8-/m0/s1. The fraction of sp³-hybridized carbons (Fsp3) is 0.545. The Morgan fingerprint density at radius 3 is 2.82 bits per heavy atom. The molecule has 0 aliphatic rings. The molecule has 1 rings (SSSR count). The highest BCUT2D eigenvalue weighted by atomic mass is 16.5. The lowest BCUT2D eigenvalue weighted by Crippen LogP contribution is -2.24. The van der Waals surface area contributed by atoms with E-state index in [9.17, 15) is 4.79 Å². The van der Waals surface area contributed by atoms with Gasteiger partial charge in [0.1, 0.15) is 18.4 Å². The molecule has 0 N–H and O–H groups in total. The highest BCUT2D eigenvalue weighted by molar-refractivity contribution is 5.75. The van der Waals surface area contributed by atoms with Gasteiger partial charge in [-0.2, -0.15) is 0 Å². The van der Waals surface area contributed by atoms with E-state index in [0.29, 0.717) is 5.76 Å². The van der Waals surface area contributed by atoms with Crippen LogP contribution in [0, 0.1) is 5.41 Å². The Bertz CT molecular complexity index is 414. The van der Waals surface area contributed by atoms with Gasteiger partial charge >= 0.3 is 5.97 Å². The molecule has 0 fully saturated rings. The van der Waals surface area contributed by atoms with Crippen LogP contribution in [0.1, 0.15) is 32.6 Å². The molecule has 92 valence electrons. The Morgan fingerprint density at radius 2 is 2.35 bits per heavy atom. The van der Waals surface area contributed by atoms with Gasteiger partial charge in [0, 0.05) is 4.91 Å². The van der Waals surface area contributed by atoms with Crippen LogP contribution < -0.4 is 0 Å². The van der Waals surface area contributed by atoms with Gasteiger partial charge in [-0.25, -0.2) is 0 Å². The Labute approximate surface area is 99.2 Å². The third-order valence-electron chi connectivity index (χ3n) is 2.05. The molecular formula is C11H15N3O3. The molecule has 0 saturated carbocycles. The van der Waals surface area contributed by atoms with E-state index in [-0.39, 0.29) is 12.6 Å². The molecule has 1 atom stereocenters. The molecule has 0 aromatic carbocycles. The first-order valence-electron chi connectivity index (χ1n) is 5.20. The lowest BCUT2D eigenvalue weighted by atomic mass is 9.97. The molecule has 0 amide bonds. The minimum atomic E-state index is -0.624. The van der Waals surface area contributed by atoms with Crippen molar-refractivity contribution in [3.05, 3.63) is 34.6 Å². The lowest BCUT2D eigenvalue weighted by Gasteiger charge is -2.18. The average Bonchev–Trinajstić information content (AvgIpc) is 2.75.